The highest BCUT2D eigenvalue weighted by atomic mass is 16.3. The van der Waals surface area contributed by atoms with Crippen LogP contribution in [-0.4, -0.2) is 16.3 Å². The van der Waals surface area contributed by atoms with E-state index in [1.165, 1.54) is 0 Å². The highest BCUT2D eigenvalue weighted by molar-refractivity contribution is 5.26. The molecule has 2 nitrogen and oxygen atoms in total. The largest absolute Gasteiger partial charge is 0.508 e. The lowest BCUT2D eigenvalue weighted by Gasteiger charge is -2.25. The molecule has 0 fully saturated rings. The molecule has 1 unspecified atom stereocenters. The molecule has 0 rings (SSSR count). The highest BCUT2D eigenvalue weighted by Crippen LogP contribution is 2.24. The Labute approximate surface area is 105 Å². The summed E-state index contributed by atoms with van der Waals surface area (Å²) in [4.78, 5) is 0. The molecule has 0 aliphatic rings. The normalized spacial score (nSPS) is 15.2. The molecule has 0 spiro atoms. The Morgan fingerprint density at radius 3 is 2.35 bits per heavy atom. The van der Waals surface area contributed by atoms with Gasteiger partial charge in [-0.15, -0.1) is 0 Å². The van der Waals surface area contributed by atoms with Crippen LogP contribution in [0.5, 0.6) is 0 Å². The summed E-state index contributed by atoms with van der Waals surface area (Å²) < 4.78 is 0. The van der Waals surface area contributed by atoms with E-state index in [2.05, 4.69) is 6.58 Å². The van der Waals surface area contributed by atoms with Crippen molar-refractivity contribution in [2.75, 3.05) is 0 Å². The van der Waals surface area contributed by atoms with Crippen LogP contribution in [0.15, 0.2) is 36.1 Å². The third-order valence-corrected chi connectivity index (χ3v) is 2.78. The van der Waals surface area contributed by atoms with E-state index >= 15 is 0 Å². The van der Waals surface area contributed by atoms with Gasteiger partial charge < -0.3 is 10.2 Å². The summed E-state index contributed by atoms with van der Waals surface area (Å²) in [6.45, 7) is 11.6. The number of hydrogen-bond acceptors (Lipinski definition) is 2. The molecule has 0 saturated carbocycles. The number of rotatable bonds is 6. The molecule has 0 aromatic carbocycles. The molecule has 0 radical (unpaired) electrons. The second kappa shape index (κ2) is 7.33. The first kappa shape index (κ1) is 16.0. The molecule has 0 bridgehead atoms. The van der Waals surface area contributed by atoms with Crippen LogP contribution < -0.4 is 0 Å². The lowest BCUT2D eigenvalue weighted by Crippen LogP contribution is -2.25. The van der Waals surface area contributed by atoms with Gasteiger partial charge in [0.2, 0.25) is 0 Å². The van der Waals surface area contributed by atoms with E-state index in [9.17, 15) is 10.2 Å². The van der Waals surface area contributed by atoms with Crippen LogP contribution >= 0.6 is 0 Å². The van der Waals surface area contributed by atoms with Crippen molar-refractivity contribution in [1.82, 2.24) is 0 Å². The van der Waals surface area contributed by atoms with Gasteiger partial charge in [0.05, 0.1) is 6.10 Å². The molecular formula is C15H26O2. The second-order valence-electron chi connectivity index (χ2n) is 5.44. The van der Waals surface area contributed by atoms with Gasteiger partial charge in [-0.2, -0.15) is 0 Å². The van der Waals surface area contributed by atoms with Crippen LogP contribution in [0.3, 0.4) is 0 Å². The molecule has 0 aromatic heterocycles. The third-order valence-electron chi connectivity index (χ3n) is 2.78. The van der Waals surface area contributed by atoms with E-state index in [-0.39, 0.29) is 17.3 Å². The van der Waals surface area contributed by atoms with Gasteiger partial charge in [0.15, 0.2) is 0 Å². The summed E-state index contributed by atoms with van der Waals surface area (Å²) in [6, 6.07) is 0. The van der Waals surface area contributed by atoms with Crippen LogP contribution in [0, 0.1) is 5.41 Å². The summed E-state index contributed by atoms with van der Waals surface area (Å²) in [6.07, 6.45) is 7.69. The fraction of sp³-hybridized carbons (Fsp3) is 0.600. The molecule has 0 aliphatic carbocycles. The molecule has 1 atom stereocenters. The third kappa shape index (κ3) is 7.01. The van der Waals surface area contributed by atoms with Crippen molar-refractivity contribution in [2.24, 2.45) is 5.41 Å². The van der Waals surface area contributed by atoms with Crippen LogP contribution in [-0.2, 0) is 0 Å². The number of allylic oxidation sites excluding steroid dienone is 4. The fourth-order valence-corrected chi connectivity index (χ4v) is 1.46. The van der Waals surface area contributed by atoms with Gasteiger partial charge in [0.1, 0.15) is 5.76 Å². The Morgan fingerprint density at radius 1 is 1.35 bits per heavy atom. The van der Waals surface area contributed by atoms with Gasteiger partial charge in [-0.25, -0.2) is 0 Å². The minimum atomic E-state index is -0.308. The van der Waals surface area contributed by atoms with E-state index in [0.717, 1.165) is 24.8 Å². The summed E-state index contributed by atoms with van der Waals surface area (Å²) in [7, 11) is 0. The lowest BCUT2D eigenvalue weighted by atomic mass is 9.86. The van der Waals surface area contributed by atoms with Gasteiger partial charge in [0.25, 0.3) is 0 Å². The molecule has 0 saturated heterocycles. The van der Waals surface area contributed by atoms with E-state index in [1.807, 2.05) is 45.9 Å². The van der Waals surface area contributed by atoms with Crippen molar-refractivity contribution in [1.29, 1.82) is 0 Å². The van der Waals surface area contributed by atoms with Gasteiger partial charge in [-0.05, 0) is 37.2 Å². The zero-order valence-corrected chi connectivity index (χ0v) is 11.5. The van der Waals surface area contributed by atoms with Crippen LogP contribution in [0.4, 0.5) is 0 Å². The number of aliphatic hydroxyl groups excluding tert-OH is 2. The Morgan fingerprint density at radius 2 is 1.94 bits per heavy atom. The molecule has 0 aliphatic heterocycles. The predicted molar refractivity (Wildman–Crippen MR) is 74.0 cm³/mol. The second-order valence-corrected chi connectivity index (χ2v) is 5.44. The van der Waals surface area contributed by atoms with Gasteiger partial charge in [-0.1, -0.05) is 45.6 Å². The van der Waals surface area contributed by atoms with Crippen LogP contribution in [0.25, 0.3) is 0 Å². The Hall–Kier alpha value is -1.02. The number of aliphatic hydroxyl groups is 2. The molecule has 0 amide bonds. The fourth-order valence-electron chi connectivity index (χ4n) is 1.46. The molecular weight excluding hydrogens is 212 g/mol. The van der Waals surface area contributed by atoms with Crippen molar-refractivity contribution in [3.8, 4) is 0 Å². The van der Waals surface area contributed by atoms with Crippen LogP contribution in [0.1, 0.15) is 47.0 Å². The zero-order chi connectivity index (χ0) is 13.5. The molecule has 2 N–H and O–H groups in total. The number of hydrogen-bond donors (Lipinski definition) is 2. The summed E-state index contributed by atoms with van der Waals surface area (Å²) in [5.41, 5.74) is 0.757. The maximum absolute atomic E-state index is 9.89. The van der Waals surface area contributed by atoms with Crippen molar-refractivity contribution in [2.45, 2.75) is 53.1 Å². The smallest absolute Gasteiger partial charge is 0.111 e. The quantitative estimate of drug-likeness (QED) is 0.539. The van der Waals surface area contributed by atoms with Crippen LogP contribution in [0.2, 0.25) is 0 Å². The first-order valence-electron chi connectivity index (χ1n) is 6.17. The average molecular weight is 238 g/mol. The predicted octanol–water partition coefficient (Wildman–Crippen LogP) is 4.14. The first-order valence-corrected chi connectivity index (χ1v) is 6.17. The highest BCUT2D eigenvalue weighted by Gasteiger charge is 2.21. The molecule has 17 heavy (non-hydrogen) atoms. The maximum Gasteiger partial charge on any atom is 0.111 e. The summed E-state index contributed by atoms with van der Waals surface area (Å²) in [5.74, 6) is 0.119. The van der Waals surface area contributed by atoms with E-state index in [1.54, 1.807) is 0 Å². The SMILES string of the molecule is C=C(O)/C(=C\C=C\C)CCCC(O)C(C)(C)C. The van der Waals surface area contributed by atoms with Gasteiger partial charge in [0, 0.05) is 0 Å². The summed E-state index contributed by atoms with van der Waals surface area (Å²) >= 11 is 0. The Kier molecular flexibility index (Phi) is 6.89. The average Bonchev–Trinajstić information content (AvgIpc) is 2.20. The molecule has 0 aromatic rings. The standard InChI is InChI=1S/C15H26O2/c1-6-7-9-13(12(2)16)10-8-11-14(17)15(3,4)5/h6-7,9,14,16-17H,2,8,10-11H2,1,3-5H3/b7-6+,13-9-. The topological polar surface area (TPSA) is 40.5 Å². The zero-order valence-electron chi connectivity index (χ0n) is 11.5. The molecule has 98 valence electrons. The van der Waals surface area contributed by atoms with Gasteiger partial charge in [-0.3, -0.25) is 0 Å². The van der Waals surface area contributed by atoms with Crippen molar-refractivity contribution >= 4 is 0 Å². The van der Waals surface area contributed by atoms with E-state index in [4.69, 9.17) is 0 Å². The Bertz CT molecular complexity index is 293. The van der Waals surface area contributed by atoms with Crippen molar-refractivity contribution < 1.29 is 10.2 Å². The van der Waals surface area contributed by atoms with E-state index < -0.39 is 0 Å². The van der Waals surface area contributed by atoms with Crippen molar-refractivity contribution in [3.63, 3.8) is 0 Å². The summed E-state index contributed by atoms with van der Waals surface area (Å²) in [5, 5.41) is 19.3. The molecule has 0 heterocycles. The minimum Gasteiger partial charge on any atom is -0.508 e. The van der Waals surface area contributed by atoms with Gasteiger partial charge >= 0.3 is 0 Å². The minimum absolute atomic E-state index is 0.0799. The van der Waals surface area contributed by atoms with E-state index in [0.29, 0.717) is 0 Å². The molecule has 2 heteroatoms. The Balaban J connectivity index is 4.21. The monoisotopic (exact) mass is 238 g/mol. The maximum atomic E-state index is 9.89. The lowest BCUT2D eigenvalue weighted by molar-refractivity contribution is 0.0540. The first-order chi connectivity index (χ1) is 7.79. The van der Waals surface area contributed by atoms with Crippen molar-refractivity contribution in [3.05, 3.63) is 36.1 Å².